The van der Waals surface area contributed by atoms with E-state index in [0.29, 0.717) is 50.5 Å². The molecule has 0 spiro atoms. The molecule has 10 unspecified atom stereocenters. The summed E-state index contributed by atoms with van der Waals surface area (Å²) in [5.74, 6) is -0.543. The fourth-order valence-corrected chi connectivity index (χ4v) is 12.1. The standard InChI is InChI=1S/C40H62N2O8S/c1-23-6-11-26(12-7-23)49-35-20-24(40(2,3)4)8-19-34(35)48-27-13-9-25(10-14-27)42-38(45)31-18-16-29(22-33(31)39(42)46)51(47)50-28-15-17-30-32(21-28)37(44)41(5)36(30)43/h23-35H,6-22H2,1-5H3. The lowest BCUT2D eigenvalue weighted by molar-refractivity contribution is -0.166. The van der Waals surface area contributed by atoms with Crippen molar-refractivity contribution in [2.75, 3.05) is 7.05 Å². The van der Waals surface area contributed by atoms with E-state index >= 15 is 0 Å². The van der Waals surface area contributed by atoms with Gasteiger partial charge in [0, 0.05) is 13.1 Å². The third kappa shape index (κ3) is 7.79. The second kappa shape index (κ2) is 15.2. The van der Waals surface area contributed by atoms with Crippen LogP contribution in [0.3, 0.4) is 0 Å². The largest absolute Gasteiger partial charge is 0.372 e. The number of hydrogen-bond acceptors (Lipinski definition) is 8. The number of imide groups is 2. The summed E-state index contributed by atoms with van der Waals surface area (Å²) in [5, 5.41) is -0.325. The maximum atomic E-state index is 13.8. The van der Waals surface area contributed by atoms with E-state index < -0.39 is 22.9 Å². The quantitative estimate of drug-likeness (QED) is 0.275. The Hall–Kier alpha value is -1.69. The summed E-state index contributed by atoms with van der Waals surface area (Å²) in [5.41, 5.74) is 0.246. The fraction of sp³-hybridized carbons (Fsp3) is 0.900. The molecule has 5 saturated carbocycles. The zero-order valence-corrected chi connectivity index (χ0v) is 32.4. The van der Waals surface area contributed by atoms with Crippen molar-refractivity contribution in [1.29, 1.82) is 0 Å². The molecule has 0 radical (unpaired) electrons. The predicted molar refractivity (Wildman–Crippen MR) is 192 cm³/mol. The van der Waals surface area contributed by atoms with E-state index in [4.69, 9.17) is 13.7 Å². The zero-order valence-electron chi connectivity index (χ0n) is 31.6. The summed E-state index contributed by atoms with van der Waals surface area (Å²) < 4.78 is 33.2. The molecule has 0 N–H and O–H groups in total. The summed E-state index contributed by atoms with van der Waals surface area (Å²) >= 11 is -1.63. The van der Waals surface area contributed by atoms with Crippen LogP contribution in [0.25, 0.3) is 0 Å². The second-order valence-corrected chi connectivity index (χ2v) is 19.9. The van der Waals surface area contributed by atoms with E-state index in [-0.39, 0.29) is 76.6 Å². The van der Waals surface area contributed by atoms with Crippen molar-refractivity contribution in [2.24, 2.45) is 40.9 Å². The number of carbonyl (C=O) groups excluding carboxylic acids is 4. The van der Waals surface area contributed by atoms with E-state index in [1.165, 1.54) is 24.8 Å². The van der Waals surface area contributed by atoms with Crippen molar-refractivity contribution in [3.05, 3.63) is 0 Å². The summed E-state index contributed by atoms with van der Waals surface area (Å²) in [4.78, 5) is 55.2. The molecule has 286 valence electrons. The van der Waals surface area contributed by atoms with E-state index in [1.807, 2.05) is 0 Å². The molecular formula is C40H62N2O8S. The van der Waals surface area contributed by atoms with Crippen LogP contribution in [0.2, 0.25) is 0 Å². The van der Waals surface area contributed by atoms with Crippen molar-refractivity contribution >= 4 is 34.7 Å². The molecule has 2 saturated heterocycles. The van der Waals surface area contributed by atoms with Crippen LogP contribution in [-0.4, -0.2) is 86.5 Å². The number of hydrogen-bond donors (Lipinski definition) is 0. The van der Waals surface area contributed by atoms with Gasteiger partial charge in [-0.15, -0.1) is 0 Å². The van der Waals surface area contributed by atoms with Gasteiger partial charge in [-0.05, 0) is 126 Å². The highest BCUT2D eigenvalue weighted by molar-refractivity contribution is 7.80. The average molecular weight is 731 g/mol. The average Bonchev–Trinajstić information content (AvgIpc) is 3.48. The van der Waals surface area contributed by atoms with Crippen molar-refractivity contribution in [3.8, 4) is 0 Å². The van der Waals surface area contributed by atoms with E-state index in [9.17, 15) is 23.4 Å². The highest BCUT2D eigenvalue weighted by atomic mass is 32.2. The van der Waals surface area contributed by atoms with Crippen LogP contribution < -0.4 is 0 Å². The number of nitrogens with zero attached hydrogens (tertiary/aromatic N) is 2. The molecule has 4 amide bonds. The highest BCUT2D eigenvalue weighted by Crippen LogP contribution is 2.45. The Labute approximate surface area is 307 Å². The van der Waals surface area contributed by atoms with Crippen LogP contribution in [0.1, 0.15) is 137 Å². The van der Waals surface area contributed by atoms with Crippen LogP contribution >= 0.6 is 0 Å². The maximum Gasteiger partial charge on any atom is 0.233 e. The van der Waals surface area contributed by atoms with Gasteiger partial charge in [0.05, 0.1) is 59.4 Å². The minimum atomic E-state index is -1.63. The molecule has 2 heterocycles. The third-order valence-corrected chi connectivity index (χ3v) is 15.6. The fourth-order valence-electron chi connectivity index (χ4n) is 10.8. The molecule has 7 rings (SSSR count). The number of fused-ring (bicyclic) bond motifs is 2. The van der Waals surface area contributed by atoms with Gasteiger partial charge >= 0.3 is 0 Å². The van der Waals surface area contributed by atoms with Gasteiger partial charge in [0.2, 0.25) is 23.6 Å². The van der Waals surface area contributed by atoms with Gasteiger partial charge < -0.3 is 9.47 Å². The Balaban J connectivity index is 0.905. The van der Waals surface area contributed by atoms with E-state index in [1.54, 1.807) is 4.90 Å². The lowest BCUT2D eigenvalue weighted by atomic mass is 9.70. The number of rotatable bonds is 8. The van der Waals surface area contributed by atoms with E-state index in [0.717, 1.165) is 63.7 Å². The minimum Gasteiger partial charge on any atom is -0.372 e. The molecule has 51 heavy (non-hydrogen) atoms. The summed E-state index contributed by atoms with van der Waals surface area (Å²) in [7, 11) is 1.53. The van der Waals surface area contributed by atoms with Gasteiger partial charge in [0.15, 0.2) is 11.1 Å². The number of carbonyl (C=O) groups is 4. The third-order valence-electron chi connectivity index (χ3n) is 14.2. The van der Waals surface area contributed by atoms with Crippen LogP contribution in [-0.2, 0) is 43.9 Å². The first-order chi connectivity index (χ1) is 24.3. The van der Waals surface area contributed by atoms with Crippen LogP contribution in [0.15, 0.2) is 0 Å². The first-order valence-electron chi connectivity index (χ1n) is 20.3. The molecule has 10 nitrogen and oxygen atoms in total. The Bertz CT molecular complexity index is 1350. The molecular weight excluding hydrogens is 669 g/mol. The minimum absolute atomic E-state index is 0.0536. The van der Waals surface area contributed by atoms with Gasteiger partial charge in [-0.1, -0.05) is 27.7 Å². The van der Waals surface area contributed by atoms with Crippen LogP contribution in [0.5, 0.6) is 0 Å². The van der Waals surface area contributed by atoms with Crippen molar-refractivity contribution in [3.63, 3.8) is 0 Å². The Morgan fingerprint density at radius 3 is 1.82 bits per heavy atom. The monoisotopic (exact) mass is 730 g/mol. The molecule has 0 bridgehead atoms. The SMILES string of the molecule is CC1CCC(OC2CC(C(C)(C)C)CCC2OC2CCC(N3C(=O)C4CCC(S(=O)OC5CCC6C(=O)N(C)C(=O)C6C5)CC4C3=O)CC2)CC1. The molecule has 0 aromatic carbocycles. The van der Waals surface area contributed by atoms with Gasteiger partial charge in [0.1, 0.15) is 0 Å². The zero-order chi connectivity index (χ0) is 36.2. The molecule has 11 heteroatoms. The molecule has 0 aromatic heterocycles. The first kappa shape index (κ1) is 37.6. The molecule has 5 aliphatic carbocycles. The Morgan fingerprint density at radius 1 is 0.588 bits per heavy atom. The van der Waals surface area contributed by atoms with Gasteiger partial charge in [-0.3, -0.25) is 33.2 Å². The van der Waals surface area contributed by atoms with E-state index in [2.05, 4.69) is 27.7 Å². The molecule has 10 atom stereocenters. The molecule has 7 aliphatic rings. The predicted octanol–water partition coefficient (Wildman–Crippen LogP) is 6.11. The number of likely N-dealkylation sites (tertiary alicyclic amines) is 2. The highest BCUT2D eigenvalue weighted by Gasteiger charge is 2.54. The van der Waals surface area contributed by atoms with Crippen molar-refractivity contribution < 1.29 is 37.0 Å². The smallest absolute Gasteiger partial charge is 0.233 e. The van der Waals surface area contributed by atoms with Crippen LogP contribution in [0.4, 0.5) is 0 Å². The normalized spacial score (nSPS) is 43.0. The topological polar surface area (TPSA) is 120 Å². The Morgan fingerprint density at radius 2 is 1.14 bits per heavy atom. The summed E-state index contributed by atoms with van der Waals surface area (Å²) in [6.45, 7) is 9.39. The second-order valence-electron chi connectivity index (χ2n) is 18.5. The number of amides is 4. The van der Waals surface area contributed by atoms with Crippen molar-refractivity contribution in [2.45, 2.75) is 179 Å². The lowest BCUT2D eigenvalue weighted by Crippen LogP contribution is -2.47. The van der Waals surface area contributed by atoms with Gasteiger partial charge in [-0.2, -0.15) is 0 Å². The maximum absolute atomic E-state index is 13.8. The summed E-state index contributed by atoms with van der Waals surface area (Å²) in [6, 6.07) is -0.108. The summed E-state index contributed by atoms with van der Waals surface area (Å²) in [6.07, 6.45) is 14.5. The molecule has 0 aromatic rings. The number of ether oxygens (including phenoxy) is 2. The van der Waals surface area contributed by atoms with Gasteiger partial charge in [0.25, 0.3) is 0 Å². The molecule has 7 fully saturated rings. The Kier molecular flexibility index (Phi) is 11.2. The van der Waals surface area contributed by atoms with Crippen LogP contribution in [0, 0.1) is 40.9 Å². The first-order valence-corrected chi connectivity index (χ1v) is 21.5. The van der Waals surface area contributed by atoms with Gasteiger partial charge in [-0.25, -0.2) is 4.21 Å². The molecule has 2 aliphatic heterocycles. The lowest BCUT2D eigenvalue weighted by Gasteiger charge is -2.45. The van der Waals surface area contributed by atoms with Crippen molar-refractivity contribution in [1.82, 2.24) is 9.80 Å².